The summed E-state index contributed by atoms with van der Waals surface area (Å²) in [5, 5.41) is 2.91. The number of nitrogens with one attached hydrogen (secondary N) is 1. The number of benzene rings is 3. The Morgan fingerprint density at radius 3 is 2.08 bits per heavy atom. The van der Waals surface area contributed by atoms with Gasteiger partial charge in [-0.3, -0.25) is 13.9 Å². The monoisotopic (exact) mass is 563 g/mol. The summed E-state index contributed by atoms with van der Waals surface area (Å²) in [6.45, 7) is 12.0. The van der Waals surface area contributed by atoms with Crippen LogP contribution < -0.4 is 9.62 Å². The van der Waals surface area contributed by atoms with Crippen molar-refractivity contribution in [1.29, 1.82) is 0 Å². The zero-order valence-electron chi connectivity index (χ0n) is 24.3. The highest BCUT2D eigenvalue weighted by atomic mass is 32.2. The van der Waals surface area contributed by atoms with Crippen molar-refractivity contribution >= 4 is 27.5 Å². The summed E-state index contributed by atoms with van der Waals surface area (Å²) in [6.07, 6.45) is 0. The van der Waals surface area contributed by atoms with E-state index in [-0.39, 0.29) is 29.2 Å². The molecule has 2 amide bonds. The molecule has 0 aliphatic carbocycles. The molecule has 0 spiro atoms. The van der Waals surface area contributed by atoms with Gasteiger partial charge in [0.25, 0.3) is 10.0 Å². The summed E-state index contributed by atoms with van der Waals surface area (Å²) >= 11 is 0. The Hall–Kier alpha value is -3.65. The van der Waals surface area contributed by atoms with E-state index in [1.807, 2.05) is 57.2 Å². The summed E-state index contributed by atoms with van der Waals surface area (Å²) in [5.41, 5.74) is 3.33. The molecule has 1 N–H and O–H groups in total. The third-order valence-corrected chi connectivity index (χ3v) is 8.53. The molecule has 0 bridgehead atoms. The molecule has 0 radical (unpaired) electrons. The van der Waals surface area contributed by atoms with Crippen LogP contribution in [0, 0.1) is 12.8 Å². The Kier molecular flexibility index (Phi) is 10.5. The van der Waals surface area contributed by atoms with Crippen LogP contribution in [0.4, 0.5) is 5.69 Å². The van der Waals surface area contributed by atoms with Crippen molar-refractivity contribution in [2.45, 2.75) is 64.9 Å². The van der Waals surface area contributed by atoms with Gasteiger partial charge in [0.1, 0.15) is 12.6 Å². The van der Waals surface area contributed by atoms with Crippen molar-refractivity contribution in [2.24, 2.45) is 5.92 Å². The quantitative estimate of drug-likeness (QED) is 0.315. The molecule has 8 heteroatoms. The van der Waals surface area contributed by atoms with Crippen LogP contribution in [0.1, 0.15) is 57.2 Å². The predicted octanol–water partition coefficient (Wildman–Crippen LogP) is 5.50. The van der Waals surface area contributed by atoms with Gasteiger partial charge >= 0.3 is 0 Å². The van der Waals surface area contributed by atoms with Crippen molar-refractivity contribution in [2.75, 3.05) is 17.4 Å². The molecule has 3 aromatic rings. The van der Waals surface area contributed by atoms with Gasteiger partial charge in [0, 0.05) is 13.1 Å². The van der Waals surface area contributed by atoms with Crippen molar-refractivity contribution in [3.63, 3.8) is 0 Å². The number of amides is 2. The molecule has 0 aliphatic heterocycles. The fourth-order valence-corrected chi connectivity index (χ4v) is 5.75. The normalized spacial score (nSPS) is 12.3. The number of nitrogens with zero attached hydrogens (tertiary/aromatic N) is 2. The zero-order valence-corrected chi connectivity index (χ0v) is 25.1. The Balaban J connectivity index is 2.01. The highest BCUT2D eigenvalue weighted by molar-refractivity contribution is 7.92. The first kappa shape index (κ1) is 30.9. The molecule has 40 heavy (non-hydrogen) atoms. The van der Waals surface area contributed by atoms with Crippen LogP contribution in [0.3, 0.4) is 0 Å². The van der Waals surface area contributed by atoms with E-state index in [0.717, 1.165) is 21.0 Å². The van der Waals surface area contributed by atoms with E-state index in [0.29, 0.717) is 12.2 Å². The van der Waals surface area contributed by atoms with Gasteiger partial charge in [-0.2, -0.15) is 0 Å². The molecular weight excluding hydrogens is 522 g/mol. The van der Waals surface area contributed by atoms with Gasteiger partial charge in [-0.05, 0) is 61.1 Å². The zero-order chi connectivity index (χ0) is 29.4. The molecule has 0 unspecified atom stereocenters. The molecule has 1 atom stereocenters. The first-order valence-electron chi connectivity index (χ1n) is 13.7. The van der Waals surface area contributed by atoms with Gasteiger partial charge in [-0.1, -0.05) is 87.9 Å². The fourth-order valence-electron chi connectivity index (χ4n) is 4.32. The van der Waals surface area contributed by atoms with E-state index in [2.05, 4.69) is 19.2 Å². The maximum Gasteiger partial charge on any atom is 0.264 e. The lowest BCUT2D eigenvalue weighted by Gasteiger charge is -2.32. The van der Waals surface area contributed by atoms with Crippen molar-refractivity contribution in [3.8, 4) is 0 Å². The SMILES string of the molecule is Cc1cccc(CN(C(=O)CN(c2ccc(C(C)C)cc2)S(=O)(=O)c2ccccc2)[C@H](C)C(=O)NCC(C)C)c1. The second-order valence-electron chi connectivity index (χ2n) is 10.9. The number of hydrogen-bond acceptors (Lipinski definition) is 4. The van der Waals surface area contributed by atoms with Crippen LogP contribution >= 0.6 is 0 Å². The van der Waals surface area contributed by atoms with E-state index in [1.54, 1.807) is 37.3 Å². The maximum absolute atomic E-state index is 14.0. The molecule has 0 heterocycles. The van der Waals surface area contributed by atoms with Crippen LogP contribution in [0.5, 0.6) is 0 Å². The van der Waals surface area contributed by atoms with Crippen LogP contribution in [-0.4, -0.2) is 44.3 Å². The minimum atomic E-state index is -4.08. The molecule has 0 saturated heterocycles. The number of rotatable bonds is 12. The van der Waals surface area contributed by atoms with Gasteiger partial charge in [0.15, 0.2) is 0 Å². The summed E-state index contributed by atoms with van der Waals surface area (Å²) in [5.74, 6) is -0.239. The third kappa shape index (κ3) is 7.94. The number of carbonyl (C=O) groups is 2. The number of aryl methyl sites for hydroxylation is 1. The average Bonchev–Trinajstić information content (AvgIpc) is 2.93. The number of carbonyl (C=O) groups excluding carboxylic acids is 2. The lowest BCUT2D eigenvalue weighted by molar-refractivity contribution is -0.139. The Morgan fingerprint density at radius 2 is 1.50 bits per heavy atom. The van der Waals surface area contributed by atoms with E-state index in [4.69, 9.17) is 0 Å². The number of anilines is 1. The van der Waals surface area contributed by atoms with E-state index >= 15 is 0 Å². The van der Waals surface area contributed by atoms with E-state index in [9.17, 15) is 18.0 Å². The predicted molar refractivity (Wildman–Crippen MR) is 161 cm³/mol. The minimum absolute atomic E-state index is 0.0868. The molecule has 0 aromatic heterocycles. The van der Waals surface area contributed by atoms with Gasteiger partial charge in [-0.25, -0.2) is 8.42 Å². The van der Waals surface area contributed by atoms with Gasteiger partial charge in [-0.15, -0.1) is 0 Å². The summed E-state index contributed by atoms with van der Waals surface area (Å²) < 4.78 is 28.9. The Morgan fingerprint density at radius 1 is 0.850 bits per heavy atom. The van der Waals surface area contributed by atoms with Gasteiger partial charge in [0.2, 0.25) is 11.8 Å². The second-order valence-corrected chi connectivity index (χ2v) is 12.8. The van der Waals surface area contributed by atoms with Crippen LogP contribution in [-0.2, 0) is 26.2 Å². The lowest BCUT2D eigenvalue weighted by atomic mass is 10.0. The molecule has 3 rings (SSSR count). The average molecular weight is 564 g/mol. The largest absolute Gasteiger partial charge is 0.354 e. The first-order valence-corrected chi connectivity index (χ1v) is 15.1. The molecule has 0 saturated carbocycles. The smallest absolute Gasteiger partial charge is 0.264 e. The molecule has 0 aliphatic rings. The highest BCUT2D eigenvalue weighted by Crippen LogP contribution is 2.26. The number of sulfonamides is 1. The van der Waals surface area contributed by atoms with E-state index in [1.165, 1.54) is 17.0 Å². The lowest BCUT2D eigenvalue weighted by Crippen LogP contribution is -2.51. The number of hydrogen-bond donors (Lipinski definition) is 1. The molecule has 7 nitrogen and oxygen atoms in total. The first-order chi connectivity index (χ1) is 18.9. The maximum atomic E-state index is 14.0. The molecule has 0 fully saturated rings. The van der Waals surface area contributed by atoms with Crippen molar-refractivity contribution < 1.29 is 18.0 Å². The minimum Gasteiger partial charge on any atom is -0.354 e. The molecular formula is C32H41N3O4S. The van der Waals surface area contributed by atoms with Crippen LogP contribution in [0.2, 0.25) is 0 Å². The van der Waals surface area contributed by atoms with Crippen LogP contribution in [0.15, 0.2) is 83.8 Å². The van der Waals surface area contributed by atoms with Crippen molar-refractivity contribution in [1.82, 2.24) is 10.2 Å². The Labute approximate surface area is 239 Å². The van der Waals surface area contributed by atoms with E-state index < -0.39 is 28.5 Å². The fraction of sp³-hybridized carbons (Fsp3) is 0.375. The molecule has 3 aromatic carbocycles. The van der Waals surface area contributed by atoms with Gasteiger partial charge in [0.05, 0.1) is 10.6 Å². The summed E-state index contributed by atoms with van der Waals surface area (Å²) in [7, 11) is -4.08. The second kappa shape index (κ2) is 13.6. The Bertz CT molecular complexity index is 1390. The summed E-state index contributed by atoms with van der Waals surface area (Å²) in [4.78, 5) is 28.6. The summed E-state index contributed by atoms with van der Waals surface area (Å²) in [6, 6.07) is 22.2. The van der Waals surface area contributed by atoms with Gasteiger partial charge < -0.3 is 10.2 Å². The topological polar surface area (TPSA) is 86.8 Å². The molecule has 214 valence electrons. The third-order valence-electron chi connectivity index (χ3n) is 6.75. The van der Waals surface area contributed by atoms with Crippen molar-refractivity contribution in [3.05, 3.63) is 95.6 Å². The standard InChI is InChI=1S/C32H41N3O4S/c1-23(2)20-33-32(37)26(6)34(21-27-12-10-11-25(5)19-27)31(36)22-35(29-17-15-28(16-18-29)24(3)4)40(38,39)30-13-8-7-9-14-30/h7-19,23-24,26H,20-22H2,1-6H3,(H,33,37)/t26-/m1/s1. The van der Waals surface area contributed by atoms with Crippen LogP contribution in [0.25, 0.3) is 0 Å². The highest BCUT2D eigenvalue weighted by Gasteiger charge is 2.32.